The Morgan fingerprint density at radius 1 is 1.38 bits per heavy atom. The molecule has 0 heterocycles. The summed E-state index contributed by atoms with van der Waals surface area (Å²) in [6, 6.07) is 8.87. The highest BCUT2D eigenvalue weighted by molar-refractivity contribution is 5.13. The Hall–Kier alpha value is -0.860. The van der Waals surface area contributed by atoms with Gasteiger partial charge in [0.15, 0.2) is 0 Å². The van der Waals surface area contributed by atoms with Crippen LogP contribution in [0.1, 0.15) is 27.5 Å². The monoisotopic (exact) mass is 186 g/mol. The summed E-state index contributed by atoms with van der Waals surface area (Å²) >= 11 is 0. The molecule has 1 aromatic rings. The lowest BCUT2D eigenvalue weighted by molar-refractivity contribution is -0.0268. The molecule has 0 saturated carbocycles. The molecule has 0 aliphatic heterocycles. The fourth-order valence-electron chi connectivity index (χ4n) is 0.891. The Balaban J connectivity index is 2.71. The first kappa shape index (κ1) is 4.58. The molecule has 1 N–H and O–H groups in total. The molecule has 0 fully saturated rings. The van der Waals surface area contributed by atoms with E-state index >= 15 is 0 Å². The Bertz CT molecular complexity index is 384. The van der Waals surface area contributed by atoms with Gasteiger partial charge in [0.2, 0.25) is 0 Å². The molecule has 0 bridgehead atoms. The normalized spacial score (nSPS) is 20.4. The van der Waals surface area contributed by atoms with Gasteiger partial charge in [-0.15, -0.1) is 0 Å². The largest absolute Gasteiger partial charge is 0.388 e. The molecular weight excluding hydrogens is 164 g/mol. The topological polar surface area (TPSA) is 29.5 Å². The van der Waals surface area contributed by atoms with Gasteiger partial charge in [-0.05, 0) is 19.3 Å². The quantitative estimate of drug-likeness (QED) is 0.779. The summed E-state index contributed by atoms with van der Waals surface area (Å²) in [5.41, 5.74) is -2.10. The minimum atomic E-state index is -3.05. The van der Waals surface area contributed by atoms with E-state index in [2.05, 4.69) is 0 Å². The van der Waals surface area contributed by atoms with E-state index in [1.54, 1.807) is 24.3 Å². The number of ether oxygens (including phenoxy) is 1. The fourth-order valence-corrected chi connectivity index (χ4v) is 0.891. The molecule has 0 amide bonds. The molecule has 0 radical (unpaired) electrons. The second-order valence-corrected chi connectivity index (χ2v) is 2.84. The van der Waals surface area contributed by atoms with E-state index in [-0.39, 0.29) is 6.61 Å². The molecule has 0 aliphatic carbocycles. The van der Waals surface area contributed by atoms with E-state index in [1.165, 1.54) is 0 Å². The number of aliphatic hydroxyl groups is 1. The van der Waals surface area contributed by atoms with Crippen LogP contribution in [0.2, 0.25) is 0 Å². The van der Waals surface area contributed by atoms with Crippen LogP contribution in [0.25, 0.3) is 0 Å². The Labute approximate surface area is 87.6 Å². The fraction of sp³-hybridized carbons (Fsp3) is 0.455. The lowest BCUT2D eigenvalue weighted by atomic mass is 10.2. The van der Waals surface area contributed by atoms with Crippen molar-refractivity contribution in [3.8, 4) is 0 Å². The van der Waals surface area contributed by atoms with Crippen LogP contribution < -0.4 is 0 Å². The predicted octanol–water partition coefficient (Wildman–Crippen LogP) is 1.97. The van der Waals surface area contributed by atoms with Crippen molar-refractivity contribution < 1.29 is 18.1 Å². The smallest absolute Gasteiger partial charge is 0.0824 e. The zero-order valence-corrected chi connectivity index (χ0v) is 7.16. The second-order valence-electron chi connectivity index (χ2n) is 2.84. The Morgan fingerprint density at radius 2 is 2.08 bits per heavy atom. The van der Waals surface area contributed by atoms with Crippen molar-refractivity contribution in [1.29, 1.82) is 0 Å². The summed E-state index contributed by atoms with van der Waals surface area (Å²) in [5.74, 6) is 0. The maximum Gasteiger partial charge on any atom is 0.0824 e. The number of rotatable bonds is 4. The summed E-state index contributed by atoms with van der Waals surface area (Å²) in [6.45, 7) is -6.84. The van der Waals surface area contributed by atoms with Crippen LogP contribution in [0.15, 0.2) is 30.3 Å². The van der Waals surface area contributed by atoms with Crippen molar-refractivity contribution in [2.45, 2.75) is 25.9 Å². The van der Waals surface area contributed by atoms with Crippen LogP contribution >= 0.6 is 0 Å². The molecule has 2 nitrogen and oxygen atoms in total. The van der Waals surface area contributed by atoms with Gasteiger partial charge in [0, 0.05) is 8.22 Å². The zero-order valence-electron chi connectivity index (χ0n) is 13.2. The highest BCUT2D eigenvalue weighted by Crippen LogP contribution is 2.05. The molecule has 0 atom stereocenters. The summed E-state index contributed by atoms with van der Waals surface area (Å²) in [7, 11) is 0. The first-order valence-corrected chi connectivity index (χ1v) is 3.92. The molecule has 0 aromatic heterocycles. The molecule has 0 aliphatic rings. The van der Waals surface area contributed by atoms with Gasteiger partial charge < -0.3 is 9.84 Å². The summed E-state index contributed by atoms with van der Waals surface area (Å²) < 4.78 is 48.1. The van der Waals surface area contributed by atoms with Gasteiger partial charge >= 0.3 is 0 Å². The van der Waals surface area contributed by atoms with E-state index in [4.69, 9.17) is 13.0 Å². The van der Waals surface area contributed by atoms with Crippen LogP contribution in [0.3, 0.4) is 0 Å². The lowest BCUT2D eigenvalue weighted by Gasteiger charge is -2.16. The van der Waals surface area contributed by atoms with Crippen molar-refractivity contribution in [3.63, 3.8) is 0 Å². The van der Waals surface area contributed by atoms with Crippen LogP contribution in [0.5, 0.6) is 0 Å². The minimum absolute atomic E-state index is 0.0370. The van der Waals surface area contributed by atoms with Gasteiger partial charge in [-0.25, -0.2) is 0 Å². The van der Waals surface area contributed by atoms with Crippen molar-refractivity contribution in [2.75, 3.05) is 6.61 Å². The predicted molar refractivity (Wildman–Crippen MR) is 52.4 cm³/mol. The van der Waals surface area contributed by atoms with Crippen molar-refractivity contribution in [3.05, 3.63) is 35.9 Å². The highest BCUT2D eigenvalue weighted by atomic mass is 16.5. The zero-order chi connectivity index (χ0) is 14.7. The van der Waals surface area contributed by atoms with Crippen LogP contribution in [-0.4, -0.2) is 17.3 Å². The lowest BCUT2D eigenvalue weighted by Crippen LogP contribution is -2.25. The maximum absolute atomic E-state index is 9.91. The van der Waals surface area contributed by atoms with E-state index < -0.39 is 25.9 Å². The van der Waals surface area contributed by atoms with Crippen molar-refractivity contribution in [2.24, 2.45) is 0 Å². The van der Waals surface area contributed by atoms with Gasteiger partial charge in [0.25, 0.3) is 0 Å². The average Bonchev–Trinajstić information content (AvgIpc) is 2.27. The minimum Gasteiger partial charge on any atom is -0.388 e. The Morgan fingerprint density at radius 3 is 2.69 bits per heavy atom. The van der Waals surface area contributed by atoms with Gasteiger partial charge in [-0.2, -0.15) is 0 Å². The Kier molecular flexibility index (Phi) is 1.55. The van der Waals surface area contributed by atoms with Crippen LogP contribution in [0.4, 0.5) is 0 Å². The molecule has 13 heavy (non-hydrogen) atoms. The third kappa shape index (κ3) is 4.65. The van der Waals surface area contributed by atoms with Gasteiger partial charge in [0.1, 0.15) is 0 Å². The van der Waals surface area contributed by atoms with Gasteiger partial charge in [0.05, 0.1) is 18.8 Å². The van der Waals surface area contributed by atoms with Crippen LogP contribution in [0, 0.1) is 0 Å². The van der Waals surface area contributed by atoms with E-state index in [0.29, 0.717) is 0 Å². The highest BCUT2D eigenvalue weighted by Gasteiger charge is 2.11. The molecule has 0 spiro atoms. The SMILES string of the molecule is [2H]C([2H])([2H])C(O)(COCc1ccccc1)C([2H])([2H])[2H]. The third-order valence-corrected chi connectivity index (χ3v) is 1.42. The molecular formula is C11H16O2. The first-order chi connectivity index (χ1) is 8.58. The molecule has 72 valence electrons. The molecule has 1 aromatic carbocycles. The van der Waals surface area contributed by atoms with Crippen molar-refractivity contribution in [1.82, 2.24) is 0 Å². The molecule has 2 heteroatoms. The molecule has 1 rings (SSSR count). The number of hydrogen-bond acceptors (Lipinski definition) is 2. The van der Waals surface area contributed by atoms with E-state index in [1.807, 2.05) is 6.07 Å². The maximum atomic E-state index is 9.91. The van der Waals surface area contributed by atoms with E-state index in [0.717, 1.165) is 5.56 Å². The second kappa shape index (κ2) is 4.40. The number of hydrogen-bond donors (Lipinski definition) is 1. The third-order valence-electron chi connectivity index (χ3n) is 1.42. The van der Waals surface area contributed by atoms with Crippen molar-refractivity contribution >= 4 is 0 Å². The van der Waals surface area contributed by atoms with Gasteiger partial charge in [-0.3, -0.25) is 0 Å². The van der Waals surface area contributed by atoms with Gasteiger partial charge in [-0.1, -0.05) is 30.3 Å². The summed E-state index contributed by atoms with van der Waals surface area (Å²) in [6.07, 6.45) is 0. The van der Waals surface area contributed by atoms with E-state index in [9.17, 15) is 5.11 Å². The summed E-state index contributed by atoms with van der Waals surface area (Å²) in [4.78, 5) is 0. The number of benzene rings is 1. The van der Waals surface area contributed by atoms with Crippen LogP contribution in [-0.2, 0) is 11.3 Å². The molecule has 0 saturated heterocycles. The molecule has 0 unspecified atom stereocenters. The summed E-state index contributed by atoms with van der Waals surface area (Å²) in [5, 5.41) is 9.91. The average molecular weight is 186 g/mol. The standard InChI is InChI=1S/C11H16O2/c1-11(2,12)9-13-8-10-6-4-3-5-7-10/h3-7,12H,8-9H2,1-2H3/i1D3,2D3. The first-order valence-electron chi connectivity index (χ1n) is 6.92.